The Labute approximate surface area is 121 Å². The number of anilines is 1. The van der Waals surface area contributed by atoms with Gasteiger partial charge in [-0.2, -0.15) is 5.10 Å². The fourth-order valence-electron chi connectivity index (χ4n) is 1.69. The maximum absolute atomic E-state index is 12.6. The van der Waals surface area contributed by atoms with Crippen LogP contribution in [0, 0.1) is 6.92 Å². The summed E-state index contributed by atoms with van der Waals surface area (Å²) in [6, 6.07) is 6.84. The minimum atomic E-state index is -3.60. The van der Waals surface area contributed by atoms with E-state index in [0.29, 0.717) is 11.4 Å². The average molecular weight is 344 g/mol. The van der Waals surface area contributed by atoms with Crippen molar-refractivity contribution in [3.8, 4) is 0 Å². The molecule has 0 aliphatic carbocycles. The van der Waals surface area contributed by atoms with Crippen LogP contribution in [0.1, 0.15) is 5.56 Å². The quantitative estimate of drug-likeness (QED) is 0.859. The Balaban J connectivity index is 2.50. The van der Waals surface area contributed by atoms with E-state index >= 15 is 0 Å². The normalized spacial score (nSPS) is 11.6. The molecule has 19 heavy (non-hydrogen) atoms. The van der Waals surface area contributed by atoms with Gasteiger partial charge in [0.15, 0.2) is 5.82 Å². The number of nitrogens with zero attached hydrogens (tertiary/aromatic N) is 3. The number of aryl methyl sites for hydroxylation is 2. The summed E-state index contributed by atoms with van der Waals surface area (Å²) < 4.78 is 28.6. The van der Waals surface area contributed by atoms with E-state index in [1.807, 2.05) is 6.07 Å². The van der Waals surface area contributed by atoms with Crippen molar-refractivity contribution < 1.29 is 8.42 Å². The summed E-state index contributed by atoms with van der Waals surface area (Å²) in [6.45, 7) is 1.77. The van der Waals surface area contributed by atoms with Crippen LogP contribution in [0.4, 0.5) is 5.82 Å². The highest BCUT2D eigenvalue weighted by Crippen LogP contribution is 2.25. The lowest BCUT2D eigenvalue weighted by Gasteiger charge is -2.18. The third-order valence-electron chi connectivity index (χ3n) is 2.81. The zero-order chi connectivity index (χ0) is 14.2. The van der Waals surface area contributed by atoms with Crippen LogP contribution in [-0.4, -0.2) is 25.2 Å². The number of benzene rings is 1. The van der Waals surface area contributed by atoms with Crippen LogP contribution in [0.25, 0.3) is 0 Å². The second kappa shape index (κ2) is 4.97. The summed E-state index contributed by atoms with van der Waals surface area (Å²) in [5.74, 6) is 0.391. The molecule has 7 heteroatoms. The largest absolute Gasteiger partial charge is 0.274 e. The number of hydrogen-bond donors (Lipinski definition) is 0. The monoisotopic (exact) mass is 343 g/mol. The molecule has 0 aliphatic heterocycles. The summed E-state index contributed by atoms with van der Waals surface area (Å²) in [7, 11) is -0.362. The molecular formula is C12H14BrN3O2S. The highest BCUT2D eigenvalue weighted by Gasteiger charge is 2.24. The second-order valence-corrected chi connectivity index (χ2v) is 7.08. The van der Waals surface area contributed by atoms with Gasteiger partial charge in [-0.05, 0) is 24.6 Å². The topological polar surface area (TPSA) is 55.2 Å². The van der Waals surface area contributed by atoms with E-state index in [-0.39, 0.29) is 4.90 Å². The van der Waals surface area contributed by atoms with Gasteiger partial charge in [0.2, 0.25) is 0 Å². The first-order chi connectivity index (χ1) is 8.82. The van der Waals surface area contributed by atoms with Crippen molar-refractivity contribution in [2.75, 3.05) is 11.4 Å². The van der Waals surface area contributed by atoms with Gasteiger partial charge in [0.25, 0.3) is 10.0 Å². The molecule has 0 amide bonds. The lowest BCUT2D eigenvalue weighted by atomic mass is 10.2. The summed E-state index contributed by atoms with van der Waals surface area (Å²) in [5, 5.41) is 4.11. The van der Waals surface area contributed by atoms with Gasteiger partial charge < -0.3 is 0 Å². The Morgan fingerprint density at radius 2 is 2.00 bits per heavy atom. The molecule has 0 bridgehead atoms. The molecule has 0 spiro atoms. The molecule has 0 radical (unpaired) electrons. The van der Waals surface area contributed by atoms with Gasteiger partial charge in [-0.15, -0.1) is 0 Å². The van der Waals surface area contributed by atoms with Crippen molar-refractivity contribution in [2.45, 2.75) is 11.8 Å². The van der Waals surface area contributed by atoms with Crippen molar-refractivity contribution in [2.24, 2.45) is 7.05 Å². The highest BCUT2D eigenvalue weighted by molar-refractivity contribution is 9.10. The van der Waals surface area contributed by atoms with Gasteiger partial charge >= 0.3 is 0 Å². The molecule has 2 rings (SSSR count). The van der Waals surface area contributed by atoms with Crippen LogP contribution in [0.5, 0.6) is 0 Å². The first kappa shape index (κ1) is 14.1. The standard InChI is InChI=1S/C12H14BrN3O2S/c1-9-4-5-10(13)8-11(9)19(17,18)16(3)12-6-7-15(2)14-12/h4-8H,1-3H3. The van der Waals surface area contributed by atoms with E-state index in [1.165, 1.54) is 11.4 Å². The molecule has 5 nitrogen and oxygen atoms in total. The first-order valence-corrected chi connectivity index (χ1v) is 7.80. The predicted octanol–water partition coefficient (Wildman–Crippen LogP) is 2.32. The summed E-state index contributed by atoms with van der Waals surface area (Å²) in [6.07, 6.45) is 1.70. The van der Waals surface area contributed by atoms with Crippen molar-refractivity contribution in [1.29, 1.82) is 0 Å². The molecular weight excluding hydrogens is 330 g/mol. The molecule has 102 valence electrons. The van der Waals surface area contributed by atoms with Crippen LogP contribution >= 0.6 is 15.9 Å². The van der Waals surface area contributed by atoms with Gasteiger partial charge in [-0.1, -0.05) is 22.0 Å². The first-order valence-electron chi connectivity index (χ1n) is 5.57. The van der Waals surface area contributed by atoms with Gasteiger partial charge in [-0.25, -0.2) is 8.42 Å². The SMILES string of the molecule is Cc1ccc(Br)cc1S(=O)(=O)N(C)c1ccn(C)n1. The third-order valence-corrected chi connectivity index (χ3v) is 5.21. The lowest BCUT2D eigenvalue weighted by Crippen LogP contribution is -2.27. The van der Waals surface area contributed by atoms with E-state index in [4.69, 9.17) is 0 Å². The minimum absolute atomic E-state index is 0.273. The van der Waals surface area contributed by atoms with Crippen molar-refractivity contribution >= 4 is 31.8 Å². The molecule has 2 aromatic rings. The van der Waals surface area contributed by atoms with Crippen molar-refractivity contribution in [3.05, 3.63) is 40.5 Å². The maximum Gasteiger partial charge on any atom is 0.265 e. The van der Waals surface area contributed by atoms with E-state index in [1.54, 1.807) is 43.0 Å². The molecule has 0 N–H and O–H groups in total. The zero-order valence-corrected chi connectivity index (χ0v) is 13.2. The fourth-order valence-corrected chi connectivity index (χ4v) is 3.60. The third kappa shape index (κ3) is 2.66. The Hall–Kier alpha value is -1.34. The van der Waals surface area contributed by atoms with E-state index in [2.05, 4.69) is 21.0 Å². The Bertz CT molecular complexity index is 710. The van der Waals surface area contributed by atoms with E-state index in [0.717, 1.165) is 4.47 Å². The maximum atomic E-state index is 12.6. The molecule has 0 atom stereocenters. The molecule has 0 aliphatic rings. The molecule has 1 aromatic heterocycles. The van der Waals surface area contributed by atoms with Gasteiger partial charge in [0.1, 0.15) is 0 Å². The van der Waals surface area contributed by atoms with E-state index in [9.17, 15) is 8.42 Å². The zero-order valence-electron chi connectivity index (χ0n) is 10.8. The number of rotatable bonds is 3. The summed E-state index contributed by atoms with van der Waals surface area (Å²) >= 11 is 3.30. The highest BCUT2D eigenvalue weighted by atomic mass is 79.9. The molecule has 0 saturated carbocycles. The van der Waals surface area contributed by atoms with Gasteiger partial charge in [0.05, 0.1) is 4.90 Å². The van der Waals surface area contributed by atoms with Crippen LogP contribution in [0.2, 0.25) is 0 Å². The van der Waals surface area contributed by atoms with Crippen LogP contribution in [0.15, 0.2) is 39.8 Å². The fraction of sp³-hybridized carbons (Fsp3) is 0.250. The number of sulfonamides is 1. The smallest absolute Gasteiger partial charge is 0.265 e. The number of halogens is 1. The Kier molecular flexibility index (Phi) is 3.69. The number of aromatic nitrogens is 2. The van der Waals surface area contributed by atoms with Crippen LogP contribution in [-0.2, 0) is 17.1 Å². The molecule has 0 saturated heterocycles. The van der Waals surface area contributed by atoms with Crippen molar-refractivity contribution in [3.63, 3.8) is 0 Å². The van der Waals surface area contributed by atoms with Crippen molar-refractivity contribution in [1.82, 2.24) is 9.78 Å². The molecule has 0 fully saturated rings. The van der Waals surface area contributed by atoms with Gasteiger partial charge in [-0.3, -0.25) is 8.99 Å². The van der Waals surface area contributed by atoms with E-state index < -0.39 is 10.0 Å². The summed E-state index contributed by atoms with van der Waals surface area (Å²) in [5.41, 5.74) is 0.700. The molecule has 1 aromatic carbocycles. The Morgan fingerprint density at radius 3 is 2.58 bits per heavy atom. The second-order valence-electron chi connectivity index (χ2n) is 4.23. The summed E-state index contributed by atoms with van der Waals surface area (Å²) in [4.78, 5) is 0.273. The lowest BCUT2D eigenvalue weighted by molar-refractivity contribution is 0.593. The molecule has 0 unspecified atom stereocenters. The predicted molar refractivity (Wildman–Crippen MR) is 77.7 cm³/mol. The van der Waals surface area contributed by atoms with Crippen LogP contribution in [0.3, 0.4) is 0 Å². The minimum Gasteiger partial charge on any atom is -0.274 e. The number of hydrogen-bond acceptors (Lipinski definition) is 3. The van der Waals surface area contributed by atoms with Crippen LogP contribution < -0.4 is 4.31 Å². The van der Waals surface area contributed by atoms with Gasteiger partial charge in [0, 0.05) is 30.8 Å². The Morgan fingerprint density at radius 1 is 1.32 bits per heavy atom. The average Bonchev–Trinajstić information content (AvgIpc) is 2.77. The molecule has 1 heterocycles.